The Balaban J connectivity index is 2.45. The third-order valence-corrected chi connectivity index (χ3v) is 1.50. The number of anilines is 1. The molecule has 2 rings (SSSR count). The zero-order valence-electron chi connectivity index (χ0n) is 6.27. The summed E-state index contributed by atoms with van der Waals surface area (Å²) in [4.78, 5) is 3.89. The molecule has 0 aromatic carbocycles. The number of rotatable bonds is 1. The van der Waals surface area contributed by atoms with Crippen LogP contribution in [0.5, 0.6) is 0 Å². The van der Waals surface area contributed by atoms with Gasteiger partial charge in [0, 0.05) is 24.0 Å². The minimum Gasteiger partial charge on any atom is -0.368 e. The van der Waals surface area contributed by atoms with E-state index in [4.69, 9.17) is 10.3 Å². The molecule has 2 aromatic rings. The summed E-state index contributed by atoms with van der Waals surface area (Å²) in [5, 5.41) is 3.76. The summed E-state index contributed by atoms with van der Waals surface area (Å²) in [6.07, 6.45) is 3.39. The van der Waals surface area contributed by atoms with E-state index in [0.717, 1.165) is 11.3 Å². The lowest BCUT2D eigenvalue weighted by Gasteiger charge is -1.90. The molecular formula is C8H7N3O. The average molecular weight is 161 g/mol. The fraction of sp³-hybridized carbons (Fsp3) is 0. The maximum absolute atomic E-state index is 5.37. The van der Waals surface area contributed by atoms with Gasteiger partial charge >= 0.3 is 0 Å². The maximum atomic E-state index is 5.37. The van der Waals surface area contributed by atoms with Crippen molar-refractivity contribution in [3.8, 4) is 11.3 Å². The van der Waals surface area contributed by atoms with E-state index >= 15 is 0 Å². The van der Waals surface area contributed by atoms with Crippen molar-refractivity contribution in [3.63, 3.8) is 0 Å². The second kappa shape index (κ2) is 2.65. The van der Waals surface area contributed by atoms with Gasteiger partial charge in [0.25, 0.3) is 0 Å². The molecule has 0 spiro atoms. The van der Waals surface area contributed by atoms with E-state index < -0.39 is 0 Å². The Bertz CT molecular complexity index is 369. The normalized spacial score (nSPS) is 10.0. The van der Waals surface area contributed by atoms with Crippen molar-refractivity contribution in [2.45, 2.75) is 0 Å². The van der Waals surface area contributed by atoms with Gasteiger partial charge in [0.2, 0.25) is 5.88 Å². The number of pyridine rings is 1. The van der Waals surface area contributed by atoms with Crippen LogP contribution in [0.1, 0.15) is 0 Å². The molecule has 0 aliphatic heterocycles. The van der Waals surface area contributed by atoms with Crippen molar-refractivity contribution in [2.24, 2.45) is 0 Å². The minimum absolute atomic E-state index is 0.321. The fourth-order valence-electron chi connectivity index (χ4n) is 0.948. The van der Waals surface area contributed by atoms with Crippen molar-refractivity contribution in [3.05, 3.63) is 30.6 Å². The van der Waals surface area contributed by atoms with E-state index in [2.05, 4.69) is 10.1 Å². The molecule has 12 heavy (non-hydrogen) atoms. The number of nitrogen functional groups attached to an aromatic ring is 1. The molecule has 4 nitrogen and oxygen atoms in total. The molecule has 0 saturated carbocycles. The molecule has 2 heterocycles. The van der Waals surface area contributed by atoms with Crippen molar-refractivity contribution in [1.82, 2.24) is 10.1 Å². The largest absolute Gasteiger partial charge is 0.368 e. The first kappa shape index (κ1) is 6.84. The second-order valence-corrected chi connectivity index (χ2v) is 2.35. The van der Waals surface area contributed by atoms with Crippen molar-refractivity contribution < 1.29 is 4.52 Å². The third kappa shape index (κ3) is 1.14. The first-order chi connectivity index (χ1) is 5.86. The summed E-state index contributed by atoms with van der Waals surface area (Å²) in [7, 11) is 0. The van der Waals surface area contributed by atoms with Gasteiger partial charge < -0.3 is 10.3 Å². The molecule has 4 heteroatoms. The van der Waals surface area contributed by atoms with Crippen LogP contribution in [0.15, 0.2) is 35.1 Å². The molecule has 2 aromatic heterocycles. The van der Waals surface area contributed by atoms with Crippen LogP contribution in [0.25, 0.3) is 11.3 Å². The summed E-state index contributed by atoms with van der Waals surface area (Å²) < 4.78 is 4.73. The zero-order chi connectivity index (χ0) is 8.39. The van der Waals surface area contributed by atoms with Crippen LogP contribution >= 0.6 is 0 Å². The van der Waals surface area contributed by atoms with E-state index in [1.54, 1.807) is 18.5 Å². The average Bonchev–Trinajstić information content (AvgIpc) is 2.54. The molecule has 0 aliphatic rings. The molecule has 0 bridgehead atoms. The molecule has 0 unspecified atom stereocenters. The van der Waals surface area contributed by atoms with Gasteiger partial charge in [-0.1, -0.05) is 5.16 Å². The third-order valence-electron chi connectivity index (χ3n) is 1.50. The lowest BCUT2D eigenvalue weighted by Crippen LogP contribution is -1.77. The Labute approximate surface area is 69.0 Å². The van der Waals surface area contributed by atoms with Crippen molar-refractivity contribution in [2.75, 3.05) is 5.73 Å². The molecule has 0 atom stereocenters. The Kier molecular flexibility index (Phi) is 1.51. The summed E-state index contributed by atoms with van der Waals surface area (Å²) in [5.74, 6) is 0.321. The first-order valence-electron chi connectivity index (χ1n) is 3.49. The number of aromatic nitrogens is 2. The second-order valence-electron chi connectivity index (χ2n) is 2.35. The van der Waals surface area contributed by atoms with Crippen molar-refractivity contribution >= 4 is 5.88 Å². The number of nitrogens with two attached hydrogens (primary N) is 1. The van der Waals surface area contributed by atoms with Gasteiger partial charge in [0.15, 0.2) is 0 Å². The van der Waals surface area contributed by atoms with Gasteiger partial charge in [-0.15, -0.1) is 0 Å². The van der Waals surface area contributed by atoms with Gasteiger partial charge in [-0.05, 0) is 12.1 Å². The lowest BCUT2D eigenvalue weighted by molar-refractivity contribution is 0.439. The predicted molar refractivity (Wildman–Crippen MR) is 44.1 cm³/mol. The SMILES string of the molecule is Nc1cc(-c2ccncc2)no1. The molecule has 0 fully saturated rings. The smallest absolute Gasteiger partial charge is 0.222 e. The summed E-state index contributed by atoms with van der Waals surface area (Å²) in [6, 6.07) is 5.36. The number of nitrogens with zero attached hydrogens (tertiary/aromatic N) is 2. The first-order valence-corrected chi connectivity index (χ1v) is 3.49. The molecule has 0 radical (unpaired) electrons. The highest BCUT2D eigenvalue weighted by Crippen LogP contribution is 2.18. The molecular weight excluding hydrogens is 154 g/mol. The maximum Gasteiger partial charge on any atom is 0.222 e. The van der Waals surface area contributed by atoms with Crippen LogP contribution in [0.4, 0.5) is 5.88 Å². The van der Waals surface area contributed by atoms with Gasteiger partial charge in [-0.25, -0.2) is 0 Å². The molecule has 0 aliphatic carbocycles. The molecule has 0 amide bonds. The van der Waals surface area contributed by atoms with Gasteiger partial charge in [0.05, 0.1) is 0 Å². The summed E-state index contributed by atoms with van der Waals surface area (Å²) in [6.45, 7) is 0. The standard InChI is InChI=1S/C8H7N3O/c9-8-5-7(11-12-8)6-1-3-10-4-2-6/h1-5H,9H2. The zero-order valence-corrected chi connectivity index (χ0v) is 6.27. The van der Waals surface area contributed by atoms with Crippen LogP contribution in [-0.2, 0) is 0 Å². The van der Waals surface area contributed by atoms with Crippen LogP contribution in [0.3, 0.4) is 0 Å². The number of hydrogen-bond acceptors (Lipinski definition) is 4. The Morgan fingerprint density at radius 2 is 2.00 bits per heavy atom. The number of hydrogen-bond donors (Lipinski definition) is 1. The highest BCUT2D eigenvalue weighted by molar-refractivity contribution is 5.59. The Hall–Kier alpha value is -1.84. The van der Waals surface area contributed by atoms with E-state index in [0.29, 0.717) is 5.88 Å². The van der Waals surface area contributed by atoms with Crippen LogP contribution < -0.4 is 5.73 Å². The van der Waals surface area contributed by atoms with E-state index in [-0.39, 0.29) is 0 Å². The quantitative estimate of drug-likeness (QED) is 0.685. The van der Waals surface area contributed by atoms with E-state index in [9.17, 15) is 0 Å². The van der Waals surface area contributed by atoms with Crippen molar-refractivity contribution in [1.29, 1.82) is 0 Å². The molecule has 2 N–H and O–H groups in total. The van der Waals surface area contributed by atoms with Gasteiger partial charge in [-0.3, -0.25) is 4.98 Å². The van der Waals surface area contributed by atoms with Crippen LogP contribution in [0.2, 0.25) is 0 Å². The summed E-state index contributed by atoms with van der Waals surface area (Å²) in [5.41, 5.74) is 7.05. The van der Waals surface area contributed by atoms with E-state index in [1.807, 2.05) is 12.1 Å². The highest BCUT2D eigenvalue weighted by Gasteiger charge is 2.01. The minimum atomic E-state index is 0.321. The Morgan fingerprint density at radius 1 is 1.25 bits per heavy atom. The monoisotopic (exact) mass is 161 g/mol. The predicted octanol–water partition coefficient (Wildman–Crippen LogP) is 1.32. The molecule has 60 valence electrons. The topological polar surface area (TPSA) is 64.9 Å². The van der Waals surface area contributed by atoms with E-state index in [1.165, 1.54) is 0 Å². The van der Waals surface area contributed by atoms with Gasteiger partial charge in [0.1, 0.15) is 5.69 Å². The fourth-order valence-corrected chi connectivity index (χ4v) is 0.948. The van der Waals surface area contributed by atoms with Gasteiger partial charge in [-0.2, -0.15) is 0 Å². The highest BCUT2D eigenvalue weighted by atomic mass is 16.5. The molecule has 0 saturated heterocycles. The Morgan fingerprint density at radius 3 is 2.58 bits per heavy atom. The van der Waals surface area contributed by atoms with Crippen LogP contribution in [-0.4, -0.2) is 10.1 Å². The lowest BCUT2D eigenvalue weighted by atomic mass is 10.2. The summed E-state index contributed by atoms with van der Waals surface area (Å²) >= 11 is 0. The van der Waals surface area contributed by atoms with Crippen LogP contribution in [0, 0.1) is 0 Å².